The number of ether oxygens (including phenoxy) is 3. The largest absolute Gasteiger partial charge is 0.493 e. The van der Waals surface area contributed by atoms with Crippen molar-refractivity contribution in [2.45, 2.75) is 6.54 Å². The summed E-state index contributed by atoms with van der Waals surface area (Å²) in [6.45, 7) is 6.44. The lowest BCUT2D eigenvalue weighted by Crippen LogP contribution is -2.40. The second-order valence-electron chi connectivity index (χ2n) is 4.94. The zero-order valence-corrected chi connectivity index (χ0v) is 13.4. The molecule has 0 radical (unpaired) electrons. The minimum atomic E-state index is 0.571. The second-order valence-corrected chi connectivity index (χ2v) is 5.35. The van der Waals surface area contributed by atoms with Crippen molar-refractivity contribution in [2.24, 2.45) is 0 Å². The van der Waals surface area contributed by atoms with E-state index in [0.717, 1.165) is 51.5 Å². The third-order valence-electron chi connectivity index (χ3n) is 3.53. The summed E-state index contributed by atoms with van der Waals surface area (Å²) in [6, 6.07) is 3.86. The summed E-state index contributed by atoms with van der Waals surface area (Å²) in [4.78, 5) is 2.40. The normalized spacial score (nSPS) is 16.0. The van der Waals surface area contributed by atoms with Crippen LogP contribution in [0.1, 0.15) is 5.56 Å². The lowest BCUT2D eigenvalue weighted by molar-refractivity contribution is 0.0384. The number of rotatable bonds is 7. The van der Waals surface area contributed by atoms with Gasteiger partial charge in [-0.15, -0.1) is 0 Å². The molecule has 21 heavy (non-hydrogen) atoms. The Labute approximate surface area is 131 Å². The first-order valence-electron chi connectivity index (χ1n) is 7.16. The van der Waals surface area contributed by atoms with Crippen LogP contribution in [0.3, 0.4) is 0 Å². The average molecular weight is 315 g/mol. The van der Waals surface area contributed by atoms with Crippen molar-refractivity contribution >= 4 is 11.6 Å². The van der Waals surface area contributed by atoms with Crippen LogP contribution in [0.15, 0.2) is 12.1 Å². The van der Waals surface area contributed by atoms with Crippen molar-refractivity contribution in [1.82, 2.24) is 10.2 Å². The Hall–Kier alpha value is -1.01. The SMILES string of the molecule is COc1cc(CNCCN2CCOCC2)cc(Cl)c1OC. The zero-order valence-electron chi connectivity index (χ0n) is 12.7. The summed E-state index contributed by atoms with van der Waals surface area (Å²) < 4.78 is 15.9. The Balaban J connectivity index is 1.81. The average Bonchev–Trinajstić information content (AvgIpc) is 2.52. The first-order valence-corrected chi connectivity index (χ1v) is 7.53. The molecule has 1 aromatic rings. The molecule has 1 aliphatic heterocycles. The number of morpholine rings is 1. The van der Waals surface area contributed by atoms with Gasteiger partial charge in [0.05, 0.1) is 32.5 Å². The summed E-state index contributed by atoms with van der Waals surface area (Å²) in [5.74, 6) is 1.24. The van der Waals surface area contributed by atoms with Gasteiger partial charge in [-0.25, -0.2) is 0 Å². The fourth-order valence-corrected chi connectivity index (χ4v) is 2.68. The predicted molar refractivity (Wildman–Crippen MR) is 83.5 cm³/mol. The highest BCUT2D eigenvalue weighted by molar-refractivity contribution is 6.32. The number of benzene rings is 1. The van der Waals surface area contributed by atoms with Crippen molar-refractivity contribution in [2.75, 3.05) is 53.6 Å². The molecule has 1 heterocycles. The minimum Gasteiger partial charge on any atom is -0.493 e. The molecule has 1 saturated heterocycles. The standard InChI is InChI=1S/C15H23ClN2O3/c1-19-14-10-12(9-13(16)15(14)20-2)11-17-3-4-18-5-7-21-8-6-18/h9-10,17H,3-8,11H2,1-2H3. The Kier molecular flexibility index (Phi) is 6.57. The van der Waals surface area contributed by atoms with Crippen LogP contribution in [-0.2, 0) is 11.3 Å². The van der Waals surface area contributed by atoms with Crippen LogP contribution < -0.4 is 14.8 Å². The quantitative estimate of drug-likeness (QED) is 0.777. The molecule has 0 spiro atoms. The summed E-state index contributed by atoms with van der Waals surface area (Å²) in [6.07, 6.45) is 0. The molecule has 1 fully saturated rings. The van der Waals surface area contributed by atoms with Crippen molar-refractivity contribution in [3.05, 3.63) is 22.7 Å². The van der Waals surface area contributed by atoms with Gasteiger partial charge in [-0.3, -0.25) is 4.90 Å². The summed E-state index contributed by atoms with van der Waals surface area (Å²) in [7, 11) is 3.20. The molecule has 0 atom stereocenters. The van der Waals surface area contributed by atoms with Gasteiger partial charge < -0.3 is 19.5 Å². The summed E-state index contributed by atoms with van der Waals surface area (Å²) in [5, 5.41) is 4.00. The van der Waals surface area contributed by atoms with Crippen LogP contribution in [0.4, 0.5) is 0 Å². The fraction of sp³-hybridized carbons (Fsp3) is 0.600. The molecule has 118 valence electrons. The summed E-state index contributed by atoms with van der Waals surface area (Å²) in [5.41, 5.74) is 1.08. The highest BCUT2D eigenvalue weighted by Gasteiger charge is 2.11. The molecule has 0 amide bonds. The third kappa shape index (κ3) is 4.74. The molecule has 1 aromatic carbocycles. The maximum absolute atomic E-state index is 6.19. The number of hydrogen-bond donors (Lipinski definition) is 1. The molecule has 1 aliphatic rings. The molecule has 2 rings (SSSR count). The van der Waals surface area contributed by atoms with Crippen LogP contribution in [0, 0.1) is 0 Å². The van der Waals surface area contributed by atoms with E-state index in [-0.39, 0.29) is 0 Å². The lowest BCUT2D eigenvalue weighted by Gasteiger charge is -2.26. The topological polar surface area (TPSA) is 43.0 Å². The molecule has 0 bridgehead atoms. The van der Waals surface area contributed by atoms with E-state index in [9.17, 15) is 0 Å². The van der Waals surface area contributed by atoms with Gasteiger partial charge in [0.1, 0.15) is 0 Å². The van der Waals surface area contributed by atoms with Crippen LogP contribution in [0.2, 0.25) is 5.02 Å². The van der Waals surface area contributed by atoms with Crippen molar-refractivity contribution in [1.29, 1.82) is 0 Å². The number of nitrogens with zero attached hydrogens (tertiary/aromatic N) is 1. The maximum atomic E-state index is 6.19. The van der Waals surface area contributed by atoms with E-state index >= 15 is 0 Å². The number of methoxy groups -OCH3 is 2. The van der Waals surface area contributed by atoms with E-state index in [1.165, 1.54) is 0 Å². The van der Waals surface area contributed by atoms with Crippen molar-refractivity contribution in [3.8, 4) is 11.5 Å². The predicted octanol–water partition coefficient (Wildman–Crippen LogP) is 1.78. The molecule has 5 nitrogen and oxygen atoms in total. The maximum Gasteiger partial charge on any atom is 0.179 e. The number of nitrogens with one attached hydrogen (secondary N) is 1. The fourth-order valence-electron chi connectivity index (χ4n) is 2.37. The van der Waals surface area contributed by atoms with Gasteiger partial charge in [0.25, 0.3) is 0 Å². The molecular weight excluding hydrogens is 292 g/mol. The van der Waals surface area contributed by atoms with Gasteiger partial charge in [-0.2, -0.15) is 0 Å². The molecule has 0 saturated carbocycles. The molecule has 0 aliphatic carbocycles. The van der Waals surface area contributed by atoms with Crippen LogP contribution in [0.5, 0.6) is 11.5 Å². The van der Waals surface area contributed by atoms with E-state index < -0.39 is 0 Å². The summed E-state index contributed by atoms with van der Waals surface area (Å²) >= 11 is 6.19. The second kappa shape index (κ2) is 8.44. The molecule has 1 N–H and O–H groups in total. The van der Waals surface area contributed by atoms with Gasteiger partial charge in [0.15, 0.2) is 11.5 Å². The van der Waals surface area contributed by atoms with Gasteiger partial charge >= 0.3 is 0 Å². The molecule has 0 unspecified atom stereocenters. The van der Waals surface area contributed by atoms with Crippen LogP contribution >= 0.6 is 11.6 Å². The Morgan fingerprint density at radius 1 is 1.24 bits per heavy atom. The minimum absolute atomic E-state index is 0.571. The lowest BCUT2D eigenvalue weighted by atomic mass is 10.2. The first kappa shape index (κ1) is 16.4. The van der Waals surface area contributed by atoms with E-state index in [2.05, 4.69) is 10.2 Å². The molecule has 0 aromatic heterocycles. The van der Waals surface area contributed by atoms with Crippen LogP contribution in [0.25, 0.3) is 0 Å². The van der Waals surface area contributed by atoms with Gasteiger partial charge in [-0.05, 0) is 17.7 Å². The smallest absolute Gasteiger partial charge is 0.179 e. The highest BCUT2D eigenvalue weighted by Crippen LogP contribution is 2.35. The van der Waals surface area contributed by atoms with E-state index in [1.807, 2.05) is 12.1 Å². The van der Waals surface area contributed by atoms with E-state index in [0.29, 0.717) is 16.5 Å². The van der Waals surface area contributed by atoms with Gasteiger partial charge in [0, 0.05) is 32.7 Å². The molecule has 6 heteroatoms. The van der Waals surface area contributed by atoms with Crippen molar-refractivity contribution < 1.29 is 14.2 Å². The Morgan fingerprint density at radius 2 is 2.00 bits per heavy atom. The number of halogens is 1. The Morgan fingerprint density at radius 3 is 2.67 bits per heavy atom. The van der Waals surface area contributed by atoms with Crippen molar-refractivity contribution in [3.63, 3.8) is 0 Å². The van der Waals surface area contributed by atoms with Crippen LogP contribution in [-0.4, -0.2) is 58.5 Å². The van der Waals surface area contributed by atoms with Gasteiger partial charge in [0.2, 0.25) is 0 Å². The van der Waals surface area contributed by atoms with E-state index in [4.69, 9.17) is 25.8 Å². The number of hydrogen-bond acceptors (Lipinski definition) is 5. The third-order valence-corrected chi connectivity index (χ3v) is 3.81. The van der Waals surface area contributed by atoms with Gasteiger partial charge in [-0.1, -0.05) is 11.6 Å². The highest BCUT2D eigenvalue weighted by atomic mass is 35.5. The first-order chi connectivity index (χ1) is 10.2. The van der Waals surface area contributed by atoms with E-state index in [1.54, 1.807) is 14.2 Å². The molecular formula is C15H23ClN2O3. The zero-order chi connectivity index (χ0) is 15.1. The Bertz CT molecular complexity index is 451. The monoisotopic (exact) mass is 314 g/mol.